The predicted octanol–water partition coefficient (Wildman–Crippen LogP) is 5.15. The van der Waals surface area contributed by atoms with E-state index in [-0.39, 0.29) is 0 Å². The molecular weight excluding hydrogens is 360 g/mol. The van der Waals surface area contributed by atoms with Crippen LogP contribution in [0.5, 0.6) is 11.5 Å². The molecule has 6 heteroatoms. The molecule has 27 heavy (non-hydrogen) atoms. The number of fused-ring (bicyclic) bond motifs is 1. The zero-order valence-electron chi connectivity index (χ0n) is 14.8. The Morgan fingerprint density at radius 1 is 1.00 bits per heavy atom. The summed E-state index contributed by atoms with van der Waals surface area (Å²) in [5.74, 6) is 2.33. The number of imidazole rings is 1. The fourth-order valence-corrected chi connectivity index (χ4v) is 3.10. The van der Waals surface area contributed by atoms with Crippen LogP contribution >= 0.6 is 11.6 Å². The van der Waals surface area contributed by atoms with E-state index < -0.39 is 0 Å². The summed E-state index contributed by atoms with van der Waals surface area (Å²) in [6, 6.07) is 21.0. The summed E-state index contributed by atoms with van der Waals surface area (Å²) >= 11 is 5.90. The number of halogens is 1. The summed E-state index contributed by atoms with van der Waals surface area (Å²) in [7, 11) is 1.87. The summed E-state index contributed by atoms with van der Waals surface area (Å²) < 4.78 is 7.96. The summed E-state index contributed by atoms with van der Waals surface area (Å²) in [6.07, 6.45) is 0. The fourth-order valence-electron chi connectivity index (χ4n) is 2.97. The van der Waals surface area contributed by atoms with Gasteiger partial charge in [-0.25, -0.2) is 4.98 Å². The molecule has 0 radical (unpaired) electrons. The van der Waals surface area contributed by atoms with E-state index in [9.17, 15) is 0 Å². The average Bonchev–Trinajstić information content (AvgIpc) is 3.02. The average molecular weight is 379 g/mol. The molecule has 0 aliphatic carbocycles. The summed E-state index contributed by atoms with van der Waals surface area (Å²) in [5.41, 5.74) is 9.72. The molecule has 136 valence electrons. The minimum absolute atomic E-state index is 0.678. The number of hydrogen-bond donors (Lipinski definition) is 2. The van der Waals surface area contributed by atoms with E-state index >= 15 is 0 Å². The highest BCUT2D eigenvalue weighted by atomic mass is 35.5. The van der Waals surface area contributed by atoms with Gasteiger partial charge in [-0.1, -0.05) is 23.7 Å². The fraction of sp³-hybridized carbons (Fsp3) is 0.0952. The topological polar surface area (TPSA) is 65.1 Å². The van der Waals surface area contributed by atoms with Crippen LogP contribution in [-0.4, -0.2) is 16.6 Å². The van der Waals surface area contributed by atoms with Crippen molar-refractivity contribution in [3.8, 4) is 11.5 Å². The van der Waals surface area contributed by atoms with Crippen molar-refractivity contribution in [3.05, 3.63) is 77.3 Å². The molecule has 0 aliphatic rings. The number of aromatic nitrogens is 2. The quantitative estimate of drug-likeness (QED) is 0.471. The maximum atomic E-state index is 5.95. The lowest BCUT2D eigenvalue weighted by molar-refractivity contribution is 0.482. The first-order chi connectivity index (χ1) is 13.1. The number of anilines is 2. The Kier molecular flexibility index (Phi) is 4.60. The summed E-state index contributed by atoms with van der Waals surface area (Å²) in [4.78, 5) is 4.61. The molecule has 1 heterocycles. The lowest BCUT2D eigenvalue weighted by Crippen LogP contribution is -2.05. The molecule has 5 nitrogen and oxygen atoms in total. The molecule has 0 saturated carbocycles. The second-order valence-electron chi connectivity index (χ2n) is 6.22. The van der Waals surface area contributed by atoms with Gasteiger partial charge in [0, 0.05) is 17.8 Å². The normalized spacial score (nSPS) is 10.9. The van der Waals surface area contributed by atoms with Crippen molar-refractivity contribution in [2.24, 2.45) is 0 Å². The Balaban J connectivity index is 1.57. The van der Waals surface area contributed by atoms with Gasteiger partial charge in [0.25, 0.3) is 0 Å². The van der Waals surface area contributed by atoms with Crippen LogP contribution in [0, 0.1) is 0 Å². The Hall–Kier alpha value is -3.18. The molecule has 0 fully saturated rings. The smallest absolute Gasteiger partial charge is 0.203 e. The van der Waals surface area contributed by atoms with Crippen LogP contribution in [0.4, 0.5) is 11.6 Å². The molecular formula is C21H19ClN4O. The van der Waals surface area contributed by atoms with Gasteiger partial charge in [-0.2, -0.15) is 0 Å². The van der Waals surface area contributed by atoms with Gasteiger partial charge in [-0.15, -0.1) is 0 Å². The van der Waals surface area contributed by atoms with Gasteiger partial charge < -0.3 is 20.4 Å². The number of benzene rings is 3. The Labute approximate surface area is 162 Å². The van der Waals surface area contributed by atoms with E-state index in [0.29, 0.717) is 11.6 Å². The van der Waals surface area contributed by atoms with Crippen molar-refractivity contribution in [2.75, 3.05) is 18.1 Å². The minimum Gasteiger partial charge on any atom is -0.457 e. The molecule has 3 aromatic carbocycles. The third-order valence-corrected chi connectivity index (χ3v) is 4.56. The van der Waals surface area contributed by atoms with Gasteiger partial charge in [-0.3, -0.25) is 0 Å². The highest BCUT2D eigenvalue weighted by Crippen LogP contribution is 2.26. The SMILES string of the molecule is CNc1nc2ccc(N)cc2n1Cc1ccc(Oc2ccc(Cl)cc2)cc1. The highest BCUT2D eigenvalue weighted by Gasteiger charge is 2.10. The van der Waals surface area contributed by atoms with E-state index in [2.05, 4.69) is 14.9 Å². The van der Waals surface area contributed by atoms with Crippen molar-refractivity contribution in [1.29, 1.82) is 0 Å². The zero-order valence-corrected chi connectivity index (χ0v) is 15.6. The van der Waals surface area contributed by atoms with Gasteiger partial charge in [0.1, 0.15) is 11.5 Å². The lowest BCUT2D eigenvalue weighted by atomic mass is 10.2. The molecule has 4 rings (SSSR count). The van der Waals surface area contributed by atoms with Gasteiger partial charge >= 0.3 is 0 Å². The first-order valence-corrected chi connectivity index (χ1v) is 8.96. The van der Waals surface area contributed by atoms with Crippen molar-refractivity contribution in [1.82, 2.24) is 9.55 Å². The van der Waals surface area contributed by atoms with Gasteiger partial charge in [0.2, 0.25) is 5.95 Å². The van der Waals surface area contributed by atoms with Crippen LogP contribution in [0.25, 0.3) is 11.0 Å². The molecule has 0 unspecified atom stereocenters. The number of rotatable bonds is 5. The maximum Gasteiger partial charge on any atom is 0.203 e. The maximum absolute atomic E-state index is 5.95. The van der Waals surface area contributed by atoms with E-state index in [0.717, 1.165) is 39.7 Å². The third-order valence-electron chi connectivity index (χ3n) is 4.31. The monoisotopic (exact) mass is 378 g/mol. The zero-order chi connectivity index (χ0) is 18.8. The predicted molar refractivity (Wildman–Crippen MR) is 111 cm³/mol. The molecule has 0 spiro atoms. The Bertz CT molecular complexity index is 1070. The molecule has 0 aliphatic heterocycles. The van der Waals surface area contributed by atoms with Crippen LogP contribution in [-0.2, 0) is 6.54 Å². The largest absolute Gasteiger partial charge is 0.457 e. The lowest BCUT2D eigenvalue weighted by Gasteiger charge is -2.10. The van der Waals surface area contributed by atoms with Crippen molar-refractivity contribution < 1.29 is 4.74 Å². The second kappa shape index (κ2) is 7.21. The molecule has 1 aromatic heterocycles. The third kappa shape index (κ3) is 3.68. The number of hydrogen-bond acceptors (Lipinski definition) is 4. The number of nitrogens with two attached hydrogens (primary N) is 1. The molecule has 0 atom stereocenters. The highest BCUT2D eigenvalue weighted by molar-refractivity contribution is 6.30. The first kappa shape index (κ1) is 17.2. The number of ether oxygens (including phenoxy) is 1. The van der Waals surface area contributed by atoms with Crippen molar-refractivity contribution >= 4 is 34.3 Å². The van der Waals surface area contributed by atoms with E-state index in [1.54, 1.807) is 12.1 Å². The van der Waals surface area contributed by atoms with E-state index in [4.69, 9.17) is 22.1 Å². The Morgan fingerprint density at radius 2 is 1.67 bits per heavy atom. The molecule has 4 aromatic rings. The second-order valence-corrected chi connectivity index (χ2v) is 6.66. The number of nitrogens with zero attached hydrogens (tertiary/aromatic N) is 2. The molecule has 0 saturated heterocycles. The Morgan fingerprint density at radius 3 is 2.33 bits per heavy atom. The van der Waals surface area contributed by atoms with Crippen molar-refractivity contribution in [2.45, 2.75) is 6.54 Å². The molecule has 3 N–H and O–H groups in total. The summed E-state index contributed by atoms with van der Waals surface area (Å²) in [6.45, 7) is 0.678. The number of nitrogens with one attached hydrogen (secondary N) is 1. The van der Waals surface area contributed by atoms with Gasteiger partial charge in [0.05, 0.1) is 17.6 Å². The standard InChI is InChI=1S/C21H19ClN4O/c1-24-21-25-19-11-6-16(23)12-20(19)26(21)13-14-2-7-17(8-3-14)27-18-9-4-15(22)5-10-18/h2-12H,13,23H2,1H3,(H,24,25). The molecule has 0 bridgehead atoms. The number of nitrogen functional groups attached to an aromatic ring is 1. The van der Waals surface area contributed by atoms with Crippen molar-refractivity contribution in [3.63, 3.8) is 0 Å². The van der Waals surface area contributed by atoms with Crippen LogP contribution in [0.2, 0.25) is 5.02 Å². The minimum atomic E-state index is 0.678. The van der Waals surface area contributed by atoms with Gasteiger partial charge in [0.15, 0.2) is 0 Å². The van der Waals surface area contributed by atoms with E-state index in [1.807, 2.05) is 61.6 Å². The van der Waals surface area contributed by atoms with Crippen LogP contribution in [0.3, 0.4) is 0 Å². The van der Waals surface area contributed by atoms with Crippen LogP contribution in [0.15, 0.2) is 66.7 Å². The van der Waals surface area contributed by atoms with Crippen LogP contribution in [0.1, 0.15) is 5.56 Å². The van der Waals surface area contributed by atoms with E-state index in [1.165, 1.54) is 0 Å². The summed E-state index contributed by atoms with van der Waals surface area (Å²) in [5, 5.41) is 3.84. The molecule has 0 amide bonds. The van der Waals surface area contributed by atoms with Crippen LogP contribution < -0.4 is 15.8 Å². The van der Waals surface area contributed by atoms with Gasteiger partial charge in [-0.05, 0) is 60.2 Å². The first-order valence-electron chi connectivity index (χ1n) is 8.58.